The Morgan fingerprint density at radius 2 is 1.00 bits per heavy atom. The van der Waals surface area contributed by atoms with Gasteiger partial charge in [0.05, 0.1) is 42.3 Å². The molecule has 0 saturated carbocycles. The van der Waals surface area contributed by atoms with Gasteiger partial charge in [-0.15, -0.1) is 0 Å². The predicted octanol–water partition coefficient (Wildman–Crippen LogP) is 7.06. The quantitative estimate of drug-likeness (QED) is 0.275. The number of ketones is 2. The largest absolute Gasteiger partial charge is 0.364 e. The third-order valence-corrected chi connectivity index (χ3v) is 6.29. The molecule has 3 rings (SSSR count). The maximum atomic E-state index is 13.1. The van der Waals surface area contributed by atoms with E-state index in [-0.39, 0.29) is 52.7 Å². The van der Waals surface area contributed by atoms with Crippen molar-refractivity contribution >= 4 is 83.3 Å². The molecule has 0 aliphatic carbocycles. The van der Waals surface area contributed by atoms with Gasteiger partial charge in [-0.2, -0.15) is 0 Å². The number of halogens is 5. The fourth-order valence-corrected chi connectivity index (χ4v) is 4.72. The standard InChI is InChI=1S/C20H8Cl5O3P/c21-9-7-10(18(26)16-12(22)3-1-4-13(16)23)20(29-28)11(8-9)19(27)17-14(24)5-2-6-15(17)25/h1-8H/p+1. The smallest absolute Gasteiger partial charge is 0.288 e. The van der Waals surface area contributed by atoms with Crippen LogP contribution in [0.2, 0.25) is 25.1 Å². The minimum atomic E-state index is -1.14. The van der Waals surface area contributed by atoms with Crippen LogP contribution in [0.25, 0.3) is 0 Å². The first-order valence-corrected chi connectivity index (χ1v) is 10.7. The van der Waals surface area contributed by atoms with Gasteiger partial charge < -0.3 is 0 Å². The summed E-state index contributed by atoms with van der Waals surface area (Å²) in [5.41, 5.74) is -0.0572. The molecule has 29 heavy (non-hydrogen) atoms. The molecule has 0 heterocycles. The zero-order chi connectivity index (χ0) is 21.3. The summed E-state index contributed by atoms with van der Waals surface area (Å²) in [6.07, 6.45) is 0. The Morgan fingerprint density at radius 1 is 0.655 bits per heavy atom. The van der Waals surface area contributed by atoms with Crippen LogP contribution >= 0.6 is 66.5 Å². The van der Waals surface area contributed by atoms with Gasteiger partial charge in [-0.3, -0.25) is 9.59 Å². The van der Waals surface area contributed by atoms with Gasteiger partial charge >= 0.3 is 8.46 Å². The molecule has 9 heteroatoms. The van der Waals surface area contributed by atoms with E-state index in [1.165, 1.54) is 36.4 Å². The van der Waals surface area contributed by atoms with E-state index in [4.69, 9.17) is 58.0 Å². The highest BCUT2D eigenvalue weighted by molar-refractivity contribution is 7.34. The summed E-state index contributed by atoms with van der Waals surface area (Å²) < 4.78 is 12.0. The predicted molar refractivity (Wildman–Crippen MR) is 120 cm³/mol. The first-order chi connectivity index (χ1) is 13.8. The molecule has 0 N–H and O–H groups in total. The molecule has 0 aromatic heterocycles. The summed E-state index contributed by atoms with van der Waals surface area (Å²) >= 11 is 30.7. The highest BCUT2D eigenvalue weighted by atomic mass is 35.5. The zero-order valence-electron chi connectivity index (χ0n) is 14.2. The summed E-state index contributed by atoms with van der Waals surface area (Å²) in [5, 5.41) is 0.533. The highest BCUT2D eigenvalue weighted by Gasteiger charge is 2.30. The monoisotopic (exact) mass is 503 g/mol. The molecule has 3 aromatic rings. The Bertz CT molecular complexity index is 1050. The molecule has 0 spiro atoms. The average molecular weight is 506 g/mol. The van der Waals surface area contributed by atoms with Gasteiger partial charge in [0.15, 0.2) is 0 Å². The number of rotatable bonds is 5. The van der Waals surface area contributed by atoms with Crippen molar-refractivity contribution in [2.75, 3.05) is 0 Å². The summed E-state index contributed by atoms with van der Waals surface area (Å²) in [5.74, 6) is -1.22. The van der Waals surface area contributed by atoms with Gasteiger partial charge in [0.1, 0.15) is 0 Å². The lowest BCUT2D eigenvalue weighted by molar-refractivity contribution is 0.103. The van der Waals surface area contributed by atoms with E-state index < -0.39 is 20.0 Å². The second kappa shape index (κ2) is 9.14. The molecule has 0 aliphatic heterocycles. The van der Waals surface area contributed by atoms with Crippen LogP contribution in [0, 0.1) is 0 Å². The fraction of sp³-hybridized carbons (Fsp3) is 0. The lowest BCUT2D eigenvalue weighted by atomic mass is 9.97. The van der Waals surface area contributed by atoms with Crippen LogP contribution in [0.15, 0.2) is 48.5 Å². The van der Waals surface area contributed by atoms with Crippen molar-refractivity contribution in [2.45, 2.75) is 0 Å². The molecule has 146 valence electrons. The van der Waals surface area contributed by atoms with E-state index in [1.54, 1.807) is 12.1 Å². The molecule has 0 saturated heterocycles. The number of carbonyl (C=O) groups is 2. The third-order valence-electron chi connectivity index (χ3n) is 4.07. The van der Waals surface area contributed by atoms with Crippen molar-refractivity contribution in [3.05, 3.63) is 95.9 Å². The Balaban J connectivity index is 2.25. The first-order valence-electron chi connectivity index (χ1n) is 7.95. The number of benzene rings is 3. The normalized spacial score (nSPS) is 10.9. The SMILES string of the molecule is O=[PH+]c1c(C(=O)c2c(Cl)cccc2Cl)cc(Cl)cc1C(=O)c1c(Cl)cccc1Cl. The lowest BCUT2D eigenvalue weighted by Gasteiger charge is -2.10. The van der Waals surface area contributed by atoms with Crippen molar-refractivity contribution in [1.29, 1.82) is 0 Å². The molecule has 0 radical (unpaired) electrons. The van der Waals surface area contributed by atoms with Crippen molar-refractivity contribution in [2.24, 2.45) is 0 Å². The third kappa shape index (κ3) is 4.36. The van der Waals surface area contributed by atoms with Crippen LogP contribution in [0.5, 0.6) is 0 Å². The lowest BCUT2D eigenvalue weighted by Crippen LogP contribution is -2.20. The zero-order valence-corrected chi connectivity index (χ0v) is 19.0. The minimum Gasteiger partial charge on any atom is -0.288 e. The van der Waals surface area contributed by atoms with Crippen LogP contribution in [-0.4, -0.2) is 11.6 Å². The maximum absolute atomic E-state index is 13.1. The topological polar surface area (TPSA) is 51.2 Å². The van der Waals surface area contributed by atoms with Crippen LogP contribution in [0.3, 0.4) is 0 Å². The summed E-state index contributed by atoms with van der Waals surface area (Å²) in [6.45, 7) is 0. The number of carbonyl (C=O) groups excluding carboxylic acids is 2. The van der Waals surface area contributed by atoms with E-state index in [0.29, 0.717) is 0 Å². The van der Waals surface area contributed by atoms with Gasteiger partial charge in [-0.1, -0.05) is 74.7 Å². The molecule has 0 bridgehead atoms. The summed E-state index contributed by atoms with van der Waals surface area (Å²) in [6, 6.07) is 11.8. The fourth-order valence-electron chi connectivity index (χ4n) is 2.77. The van der Waals surface area contributed by atoms with Crippen molar-refractivity contribution in [1.82, 2.24) is 0 Å². The molecule has 1 unspecified atom stereocenters. The van der Waals surface area contributed by atoms with Crippen LogP contribution < -0.4 is 5.30 Å². The highest BCUT2D eigenvalue weighted by Crippen LogP contribution is 2.31. The van der Waals surface area contributed by atoms with Crippen LogP contribution in [-0.2, 0) is 4.57 Å². The summed E-state index contributed by atoms with van der Waals surface area (Å²) in [4.78, 5) is 26.3. The van der Waals surface area contributed by atoms with E-state index in [2.05, 4.69) is 0 Å². The van der Waals surface area contributed by atoms with Gasteiger partial charge in [0.2, 0.25) is 16.9 Å². The molecule has 0 amide bonds. The Labute approximate surface area is 192 Å². The van der Waals surface area contributed by atoms with E-state index >= 15 is 0 Å². The van der Waals surface area contributed by atoms with Gasteiger partial charge in [0, 0.05) is 5.02 Å². The Morgan fingerprint density at radius 3 is 1.31 bits per heavy atom. The maximum Gasteiger partial charge on any atom is 0.364 e. The van der Waals surface area contributed by atoms with Crippen LogP contribution in [0.4, 0.5) is 0 Å². The number of hydrogen-bond acceptors (Lipinski definition) is 3. The second-order valence-corrected chi connectivity index (χ2v) is 8.60. The second-order valence-electron chi connectivity index (χ2n) is 5.83. The van der Waals surface area contributed by atoms with E-state index in [0.717, 1.165) is 0 Å². The number of hydrogen-bond donors (Lipinski definition) is 0. The van der Waals surface area contributed by atoms with E-state index in [9.17, 15) is 14.2 Å². The minimum absolute atomic E-state index is 0.0172. The average Bonchev–Trinajstić information content (AvgIpc) is 2.66. The molecule has 0 fully saturated rings. The van der Waals surface area contributed by atoms with Gasteiger partial charge in [0.25, 0.3) is 0 Å². The summed E-state index contributed by atoms with van der Waals surface area (Å²) in [7, 11) is -1.14. The molecule has 1 atom stereocenters. The Hall–Kier alpha value is -1.45. The van der Waals surface area contributed by atoms with Gasteiger partial charge in [-0.25, -0.2) is 0 Å². The van der Waals surface area contributed by atoms with Crippen LogP contribution in [0.1, 0.15) is 31.8 Å². The first kappa shape index (κ1) is 22.2. The molecule has 3 aromatic carbocycles. The molecular weight excluding hydrogens is 496 g/mol. The molecule has 0 aliphatic rings. The van der Waals surface area contributed by atoms with Crippen molar-refractivity contribution < 1.29 is 14.2 Å². The van der Waals surface area contributed by atoms with Crippen molar-refractivity contribution in [3.63, 3.8) is 0 Å². The van der Waals surface area contributed by atoms with Crippen molar-refractivity contribution in [3.8, 4) is 0 Å². The van der Waals surface area contributed by atoms with Gasteiger partial charge in [-0.05, 0) is 36.4 Å². The molecular formula is C20H9Cl5O3P+. The van der Waals surface area contributed by atoms with E-state index in [1.807, 2.05) is 0 Å². The molecule has 3 nitrogen and oxygen atoms in total. The Kier molecular flexibility index (Phi) is 7.01.